The topological polar surface area (TPSA) is 17.8 Å². The minimum atomic E-state index is -0.275. The van der Waals surface area contributed by atoms with Crippen molar-refractivity contribution in [1.82, 2.24) is 9.55 Å². The highest BCUT2D eigenvalue weighted by Crippen LogP contribution is 2.28. The highest BCUT2D eigenvalue weighted by Gasteiger charge is 2.14. The molecule has 1 aromatic heterocycles. The molecule has 3 rings (SSSR count). The zero-order valence-electron chi connectivity index (χ0n) is 10.7. The summed E-state index contributed by atoms with van der Waals surface area (Å²) >= 11 is 9.24. The quantitative estimate of drug-likeness (QED) is 0.594. The highest BCUT2D eigenvalue weighted by molar-refractivity contribution is 9.10. The smallest absolute Gasteiger partial charge is 0.137 e. The SMILES string of the molecule is Cc1cc(F)c(Br)cc1-n1c(CCl)nc2ccccc21. The van der Waals surface area contributed by atoms with Crippen LogP contribution < -0.4 is 0 Å². The van der Waals surface area contributed by atoms with Crippen LogP contribution in [0.25, 0.3) is 16.7 Å². The molecule has 0 atom stereocenters. The standard InChI is InChI=1S/C15H11BrClFN2/c1-9-6-11(18)10(16)7-14(9)20-13-5-3-2-4-12(13)19-15(20)8-17/h2-7H,8H2,1H3. The molecule has 0 saturated heterocycles. The van der Waals surface area contributed by atoms with Gasteiger partial charge in [0, 0.05) is 0 Å². The van der Waals surface area contributed by atoms with Crippen molar-refractivity contribution in [3.8, 4) is 5.69 Å². The number of fused-ring (bicyclic) bond motifs is 1. The molecule has 5 heteroatoms. The summed E-state index contributed by atoms with van der Waals surface area (Å²) in [6.07, 6.45) is 0. The minimum Gasteiger partial charge on any atom is -0.295 e. The maximum atomic E-state index is 13.6. The molecule has 1 heterocycles. The van der Waals surface area contributed by atoms with E-state index in [1.54, 1.807) is 6.07 Å². The Morgan fingerprint density at radius 1 is 1.30 bits per heavy atom. The average Bonchev–Trinajstić information content (AvgIpc) is 2.81. The number of aromatic nitrogens is 2. The Hall–Kier alpha value is -1.39. The highest BCUT2D eigenvalue weighted by atomic mass is 79.9. The third-order valence-corrected chi connectivity index (χ3v) is 4.08. The van der Waals surface area contributed by atoms with Gasteiger partial charge in [0.25, 0.3) is 0 Å². The van der Waals surface area contributed by atoms with Crippen LogP contribution in [-0.4, -0.2) is 9.55 Å². The number of hydrogen-bond acceptors (Lipinski definition) is 1. The maximum absolute atomic E-state index is 13.6. The second kappa shape index (κ2) is 5.19. The van der Waals surface area contributed by atoms with E-state index in [0.29, 0.717) is 10.4 Å². The maximum Gasteiger partial charge on any atom is 0.137 e. The first-order valence-corrected chi connectivity index (χ1v) is 7.43. The van der Waals surface area contributed by atoms with E-state index in [0.717, 1.165) is 28.1 Å². The lowest BCUT2D eigenvalue weighted by Gasteiger charge is -2.12. The van der Waals surface area contributed by atoms with Crippen molar-refractivity contribution in [2.75, 3.05) is 0 Å². The van der Waals surface area contributed by atoms with Crippen LogP contribution in [-0.2, 0) is 5.88 Å². The molecule has 102 valence electrons. The predicted octanol–water partition coefficient (Wildman–Crippen LogP) is 4.97. The van der Waals surface area contributed by atoms with Gasteiger partial charge in [0.15, 0.2) is 0 Å². The molecule has 0 aliphatic heterocycles. The molecule has 0 bridgehead atoms. The summed E-state index contributed by atoms with van der Waals surface area (Å²) in [5.41, 5.74) is 3.55. The van der Waals surface area contributed by atoms with Gasteiger partial charge in [0.2, 0.25) is 0 Å². The molecule has 0 aliphatic carbocycles. The second-order valence-electron chi connectivity index (χ2n) is 4.54. The zero-order chi connectivity index (χ0) is 14.3. The summed E-state index contributed by atoms with van der Waals surface area (Å²) in [4.78, 5) is 4.52. The van der Waals surface area contributed by atoms with Crippen LogP contribution in [0, 0.1) is 12.7 Å². The number of alkyl halides is 1. The Balaban J connectivity index is 2.36. The van der Waals surface area contributed by atoms with Gasteiger partial charge >= 0.3 is 0 Å². The van der Waals surface area contributed by atoms with E-state index in [9.17, 15) is 4.39 Å². The second-order valence-corrected chi connectivity index (χ2v) is 5.66. The Morgan fingerprint density at radius 2 is 2.05 bits per heavy atom. The summed E-state index contributed by atoms with van der Waals surface area (Å²) in [5, 5.41) is 0. The van der Waals surface area contributed by atoms with Gasteiger partial charge in [-0.25, -0.2) is 9.37 Å². The third kappa shape index (κ3) is 2.13. The first-order chi connectivity index (χ1) is 9.61. The molecular formula is C15H11BrClFN2. The monoisotopic (exact) mass is 352 g/mol. The zero-order valence-corrected chi connectivity index (χ0v) is 13.0. The van der Waals surface area contributed by atoms with Crippen LogP contribution in [0.3, 0.4) is 0 Å². The Kier molecular flexibility index (Phi) is 3.52. The molecule has 20 heavy (non-hydrogen) atoms. The number of aryl methyl sites for hydroxylation is 1. The molecule has 3 aromatic rings. The lowest BCUT2D eigenvalue weighted by atomic mass is 10.2. The van der Waals surface area contributed by atoms with Crippen molar-refractivity contribution >= 4 is 38.6 Å². The fraction of sp³-hybridized carbons (Fsp3) is 0.133. The van der Waals surface area contributed by atoms with E-state index in [4.69, 9.17) is 11.6 Å². The summed E-state index contributed by atoms with van der Waals surface area (Å²) in [7, 11) is 0. The van der Waals surface area contributed by atoms with Crippen molar-refractivity contribution in [1.29, 1.82) is 0 Å². The third-order valence-electron chi connectivity index (χ3n) is 3.23. The average molecular weight is 354 g/mol. The molecule has 0 radical (unpaired) electrons. The van der Waals surface area contributed by atoms with Crippen molar-refractivity contribution in [2.24, 2.45) is 0 Å². The van der Waals surface area contributed by atoms with Crippen molar-refractivity contribution < 1.29 is 4.39 Å². The van der Waals surface area contributed by atoms with Crippen LogP contribution in [0.4, 0.5) is 4.39 Å². The van der Waals surface area contributed by atoms with E-state index in [1.165, 1.54) is 6.07 Å². The fourth-order valence-corrected chi connectivity index (χ4v) is 2.82. The Bertz CT molecular complexity index is 798. The molecular weight excluding hydrogens is 343 g/mol. The van der Waals surface area contributed by atoms with Gasteiger partial charge in [0.05, 0.1) is 27.1 Å². The number of nitrogens with zero attached hydrogens (tertiary/aromatic N) is 2. The van der Waals surface area contributed by atoms with E-state index in [-0.39, 0.29) is 5.82 Å². The minimum absolute atomic E-state index is 0.275. The number of para-hydroxylation sites is 2. The van der Waals surface area contributed by atoms with Gasteiger partial charge in [-0.3, -0.25) is 4.57 Å². The molecule has 2 aromatic carbocycles. The van der Waals surface area contributed by atoms with E-state index in [2.05, 4.69) is 20.9 Å². The van der Waals surface area contributed by atoms with Gasteiger partial charge in [-0.1, -0.05) is 12.1 Å². The molecule has 0 spiro atoms. The normalized spacial score (nSPS) is 11.2. The first-order valence-electron chi connectivity index (χ1n) is 6.10. The van der Waals surface area contributed by atoms with Crippen LogP contribution in [0.1, 0.15) is 11.4 Å². The first kappa shape index (κ1) is 13.6. The largest absolute Gasteiger partial charge is 0.295 e. The lowest BCUT2D eigenvalue weighted by Crippen LogP contribution is -2.02. The van der Waals surface area contributed by atoms with Gasteiger partial charge < -0.3 is 0 Å². The van der Waals surface area contributed by atoms with Crippen molar-refractivity contribution in [3.05, 3.63) is 58.1 Å². The van der Waals surface area contributed by atoms with E-state index in [1.807, 2.05) is 35.8 Å². The molecule has 0 aliphatic rings. The van der Waals surface area contributed by atoms with Gasteiger partial charge in [0.1, 0.15) is 11.6 Å². The van der Waals surface area contributed by atoms with Crippen LogP contribution in [0.2, 0.25) is 0 Å². The molecule has 0 N–H and O–H groups in total. The predicted molar refractivity (Wildman–Crippen MR) is 83.0 cm³/mol. The Labute approximate surface area is 129 Å². The van der Waals surface area contributed by atoms with Crippen LogP contribution >= 0.6 is 27.5 Å². The number of imidazole rings is 1. The summed E-state index contributed by atoms with van der Waals surface area (Å²) in [6, 6.07) is 11.1. The lowest BCUT2D eigenvalue weighted by molar-refractivity contribution is 0.619. The number of benzene rings is 2. The fourth-order valence-electron chi connectivity index (χ4n) is 2.31. The number of rotatable bonds is 2. The van der Waals surface area contributed by atoms with Crippen molar-refractivity contribution in [2.45, 2.75) is 12.8 Å². The number of hydrogen-bond donors (Lipinski definition) is 0. The summed E-state index contributed by atoms with van der Waals surface area (Å²) in [5.74, 6) is 0.765. The van der Waals surface area contributed by atoms with Crippen LogP contribution in [0.5, 0.6) is 0 Å². The van der Waals surface area contributed by atoms with Gasteiger partial charge in [-0.2, -0.15) is 0 Å². The summed E-state index contributed by atoms with van der Waals surface area (Å²) in [6.45, 7) is 1.87. The molecule has 0 unspecified atom stereocenters. The van der Waals surface area contributed by atoms with Crippen molar-refractivity contribution in [3.63, 3.8) is 0 Å². The van der Waals surface area contributed by atoms with E-state index < -0.39 is 0 Å². The Morgan fingerprint density at radius 3 is 2.80 bits per heavy atom. The van der Waals surface area contributed by atoms with Gasteiger partial charge in [-0.05, 0) is 52.7 Å². The number of halogens is 3. The molecule has 0 fully saturated rings. The van der Waals surface area contributed by atoms with Gasteiger partial charge in [-0.15, -0.1) is 11.6 Å². The molecule has 0 amide bonds. The summed E-state index contributed by atoms with van der Waals surface area (Å²) < 4.78 is 16.0. The van der Waals surface area contributed by atoms with E-state index >= 15 is 0 Å². The molecule has 0 saturated carbocycles. The van der Waals surface area contributed by atoms with Crippen LogP contribution in [0.15, 0.2) is 40.9 Å². The molecule has 2 nitrogen and oxygen atoms in total.